The zero-order chi connectivity index (χ0) is 16.6. The van der Waals surface area contributed by atoms with E-state index in [1.165, 1.54) is 37.8 Å². The monoisotopic (exact) mass is 331 g/mol. The third kappa shape index (κ3) is 5.71. The number of ether oxygens (including phenoxy) is 1. The Morgan fingerprint density at radius 2 is 2.04 bits per heavy atom. The average Bonchev–Trinajstić information content (AvgIpc) is 3.43. The molecule has 0 radical (unpaired) electrons. The normalized spacial score (nSPS) is 17.6. The molecule has 2 fully saturated rings. The Hall–Kier alpha value is -1.75. The van der Waals surface area contributed by atoms with E-state index in [-0.39, 0.29) is 6.03 Å². The van der Waals surface area contributed by atoms with Crippen LogP contribution in [0.15, 0.2) is 24.3 Å². The number of urea groups is 1. The molecule has 2 amide bonds. The first kappa shape index (κ1) is 17.1. The zero-order valence-corrected chi connectivity index (χ0v) is 14.4. The highest BCUT2D eigenvalue weighted by Gasteiger charge is 2.20. The van der Waals surface area contributed by atoms with Gasteiger partial charge in [-0.1, -0.05) is 6.07 Å². The first-order valence-electron chi connectivity index (χ1n) is 9.29. The van der Waals surface area contributed by atoms with Crippen LogP contribution in [0.25, 0.3) is 0 Å². The summed E-state index contributed by atoms with van der Waals surface area (Å²) in [7, 11) is 0. The van der Waals surface area contributed by atoms with Crippen LogP contribution in [0.4, 0.5) is 16.2 Å². The number of rotatable bonds is 8. The quantitative estimate of drug-likeness (QED) is 0.716. The lowest BCUT2D eigenvalue weighted by atomic mass is 10.1. The largest absolute Gasteiger partial charge is 0.381 e. The summed E-state index contributed by atoms with van der Waals surface area (Å²) in [5.74, 6) is 0.799. The Bertz CT molecular complexity index is 525. The lowest BCUT2D eigenvalue weighted by Crippen LogP contribution is -2.31. The van der Waals surface area contributed by atoms with E-state index in [9.17, 15) is 4.79 Å². The molecule has 0 bridgehead atoms. The predicted molar refractivity (Wildman–Crippen MR) is 97.7 cm³/mol. The number of hydrogen-bond donors (Lipinski definition) is 2. The summed E-state index contributed by atoms with van der Waals surface area (Å²) in [6.07, 6.45) is 7.31. The van der Waals surface area contributed by atoms with Crippen LogP contribution in [-0.4, -0.2) is 38.9 Å². The molecule has 5 nitrogen and oxygen atoms in total. The highest BCUT2D eigenvalue weighted by Crippen LogP contribution is 2.28. The molecule has 1 aromatic rings. The maximum atomic E-state index is 12.0. The van der Waals surface area contributed by atoms with Crippen molar-refractivity contribution in [3.63, 3.8) is 0 Å². The van der Waals surface area contributed by atoms with E-state index in [0.29, 0.717) is 6.54 Å². The highest BCUT2D eigenvalue weighted by molar-refractivity contribution is 5.89. The van der Waals surface area contributed by atoms with Gasteiger partial charge in [0.25, 0.3) is 0 Å². The van der Waals surface area contributed by atoms with E-state index in [0.717, 1.165) is 44.3 Å². The van der Waals surface area contributed by atoms with Crippen molar-refractivity contribution in [1.29, 1.82) is 0 Å². The summed E-state index contributed by atoms with van der Waals surface area (Å²) in [5, 5.41) is 5.81. The molecule has 132 valence electrons. The van der Waals surface area contributed by atoms with Gasteiger partial charge < -0.3 is 20.3 Å². The summed E-state index contributed by atoms with van der Waals surface area (Å²) >= 11 is 0. The van der Waals surface area contributed by atoms with Crippen molar-refractivity contribution in [2.45, 2.75) is 38.5 Å². The summed E-state index contributed by atoms with van der Waals surface area (Å²) in [5.41, 5.74) is 2.04. The van der Waals surface area contributed by atoms with E-state index < -0.39 is 0 Å². The van der Waals surface area contributed by atoms with Gasteiger partial charge in [-0.3, -0.25) is 0 Å². The fraction of sp³-hybridized carbons (Fsp3) is 0.632. The molecular formula is C19H29N3O2. The number of nitrogens with one attached hydrogen (secondary N) is 2. The molecule has 2 aliphatic rings. The maximum absolute atomic E-state index is 12.0. The van der Waals surface area contributed by atoms with Crippen LogP contribution in [0.2, 0.25) is 0 Å². The Labute approximate surface area is 144 Å². The number of carbonyl (C=O) groups is 1. The van der Waals surface area contributed by atoms with Crippen molar-refractivity contribution >= 4 is 17.4 Å². The lowest BCUT2D eigenvalue weighted by molar-refractivity contribution is 0.122. The number of piperidine rings is 1. The van der Waals surface area contributed by atoms with Crippen LogP contribution in [0.5, 0.6) is 0 Å². The van der Waals surface area contributed by atoms with Crippen LogP contribution in [0.3, 0.4) is 0 Å². The van der Waals surface area contributed by atoms with Crippen molar-refractivity contribution in [1.82, 2.24) is 5.32 Å². The topological polar surface area (TPSA) is 53.6 Å². The smallest absolute Gasteiger partial charge is 0.319 e. The van der Waals surface area contributed by atoms with Crippen molar-refractivity contribution < 1.29 is 9.53 Å². The Morgan fingerprint density at radius 1 is 1.21 bits per heavy atom. The van der Waals surface area contributed by atoms with Crippen LogP contribution >= 0.6 is 0 Å². The van der Waals surface area contributed by atoms with Crippen molar-refractivity contribution in [2.24, 2.45) is 5.92 Å². The number of benzene rings is 1. The third-order valence-electron chi connectivity index (χ3n) is 4.63. The number of anilines is 2. The van der Waals surface area contributed by atoms with Crippen LogP contribution < -0.4 is 15.5 Å². The molecule has 0 unspecified atom stereocenters. The molecule has 3 rings (SSSR count). The molecule has 24 heavy (non-hydrogen) atoms. The first-order chi connectivity index (χ1) is 11.8. The number of carbonyl (C=O) groups excluding carboxylic acids is 1. The SMILES string of the molecule is O=C(NCCCOCC1CC1)Nc1cccc(N2CCCCC2)c1. The minimum Gasteiger partial charge on any atom is -0.381 e. The standard InChI is InChI=1S/C19H29N3O2/c23-19(20-10-5-13-24-15-16-8-9-16)21-17-6-4-7-18(14-17)22-11-2-1-3-12-22/h4,6-7,14,16H,1-3,5,8-13,15H2,(H2,20,21,23). The van der Waals surface area contributed by atoms with Gasteiger partial charge in [0.2, 0.25) is 0 Å². The fourth-order valence-electron chi connectivity index (χ4n) is 3.02. The maximum Gasteiger partial charge on any atom is 0.319 e. The first-order valence-corrected chi connectivity index (χ1v) is 9.29. The van der Waals surface area contributed by atoms with Gasteiger partial charge in [-0.25, -0.2) is 4.79 Å². The van der Waals surface area contributed by atoms with Crippen molar-refractivity contribution in [2.75, 3.05) is 43.1 Å². The number of hydrogen-bond acceptors (Lipinski definition) is 3. The van der Waals surface area contributed by atoms with Crippen LogP contribution in [0.1, 0.15) is 38.5 Å². The molecule has 1 saturated carbocycles. The molecule has 0 atom stereocenters. The van der Waals surface area contributed by atoms with Gasteiger partial charge in [0, 0.05) is 44.2 Å². The second-order valence-electron chi connectivity index (χ2n) is 6.85. The summed E-state index contributed by atoms with van der Waals surface area (Å²) < 4.78 is 5.56. The van der Waals surface area contributed by atoms with E-state index in [2.05, 4.69) is 27.7 Å². The van der Waals surface area contributed by atoms with Crippen LogP contribution in [0, 0.1) is 5.92 Å². The van der Waals surface area contributed by atoms with Gasteiger partial charge in [-0.2, -0.15) is 0 Å². The fourth-order valence-corrected chi connectivity index (χ4v) is 3.02. The molecule has 0 spiro atoms. The average molecular weight is 331 g/mol. The number of amides is 2. The zero-order valence-electron chi connectivity index (χ0n) is 14.4. The highest BCUT2D eigenvalue weighted by atomic mass is 16.5. The van der Waals surface area contributed by atoms with Gasteiger partial charge in [0.1, 0.15) is 0 Å². The molecule has 5 heteroatoms. The molecule has 1 heterocycles. The second-order valence-corrected chi connectivity index (χ2v) is 6.85. The van der Waals surface area contributed by atoms with Gasteiger partial charge >= 0.3 is 6.03 Å². The minimum absolute atomic E-state index is 0.145. The van der Waals surface area contributed by atoms with Gasteiger partial charge in [0.05, 0.1) is 0 Å². The van der Waals surface area contributed by atoms with E-state index in [1.54, 1.807) is 0 Å². The molecule has 0 aromatic heterocycles. The van der Waals surface area contributed by atoms with Gasteiger partial charge in [0.15, 0.2) is 0 Å². The molecular weight excluding hydrogens is 302 g/mol. The summed E-state index contributed by atoms with van der Waals surface area (Å²) in [6, 6.07) is 7.97. The Morgan fingerprint density at radius 3 is 2.83 bits per heavy atom. The lowest BCUT2D eigenvalue weighted by Gasteiger charge is -2.29. The molecule has 1 aliphatic carbocycles. The Balaban J connectivity index is 1.35. The third-order valence-corrected chi connectivity index (χ3v) is 4.63. The van der Waals surface area contributed by atoms with E-state index in [4.69, 9.17) is 4.74 Å². The second kappa shape index (κ2) is 8.92. The van der Waals surface area contributed by atoms with Gasteiger partial charge in [-0.15, -0.1) is 0 Å². The molecule has 1 saturated heterocycles. The Kier molecular flexibility index (Phi) is 6.35. The minimum atomic E-state index is -0.145. The van der Waals surface area contributed by atoms with Crippen molar-refractivity contribution in [3.8, 4) is 0 Å². The van der Waals surface area contributed by atoms with Crippen molar-refractivity contribution in [3.05, 3.63) is 24.3 Å². The molecule has 1 aliphatic heterocycles. The molecule has 2 N–H and O–H groups in total. The summed E-state index contributed by atoms with van der Waals surface area (Å²) in [6.45, 7) is 4.46. The predicted octanol–water partition coefficient (Wildman–Crippen LogP) is 3.62. The summed E-state index contributed by atoms with van der Waals surface area (Å²) in [4.78, 5) is 14.4. The molecule has 1 aromatic carbocycles. The van der Waals surface area contributed by atoms with E-state index >= 15 is 0 Å². The van der Waals surface area contributed by atoms with Crippen LogP contribution in [-0.2, 0) is 4.74 Å². The van der Waals surface area contributed by atoms with Gasteiger partial charge in [-0.05, 0) is 62.6 Å². The van der Waals surface area contributed by atoms with E-state index in [1.807, 2.05) is 12.1 Å². The number of nitrogens with zero attached hydrogens (tertiary/aromatic N) is 1.